The molecule has 0 bridgehead atoms. The topological polar surface area (TPSA) is 40.5 Å². The molecule has 1 aromatic carbocycles. The van der Waals surface area contributed by atoms with Crippen LogP contribution in [-0.2, 0) is 0 Å². The predicted molar refractivity (Wildman–Crippen MR) is 83.9 cm³/mol. The molecule has 1 heterocycles. The van der Waals surface area contributed by atoms with Gasteiger partial charge in [0.2, 0.25) is 0 Å². The van der Waals surface area contributed by atoms with E-state index < -0.39 is 0 Å². The Labute approximate surface area is 127 Å². The summed E-state index contributed by atoms with van der Waals surface area (Å²) in [4.78, 5) is 14.6. The molecule has 1 saturated heterocycles. The number of amides is 1. The zero-order valence-corrected chi connectivity index (χ0v) is 12.8. The van der Waals surface area contributed by atoms with Gasteiger partial charge in [0, 0.05) is 30.1 Å². The molecule has 2 unspecified atom stereocenters. The van der Waals surface area contributed by atoms with Crippen LogP contribution < -0.4 is 0 Å². The van der Waals surface area contributed by atoms with E-state index in [0.29, 0.717) is 18.4 Å². The van der Waals surface area contributed by atoms with Crippen molar-refractivity contribution < 1.29 is 9.90 Å². The summed E-state index contributed by atoms with van der Waals surface area (Å²) in [6, 6.07) is 7.75. The molecule has 112 valence electrons. The van der Waals surface area contributed by atoms with Crippen molar-refractivity contribution >= 4 is 5.91 Å². The Balaban J connectivity index is 2.07. The highest BCUT2D eigenvalue weighted by Crippen LogP contribution is 2.23. The maximum atomic E-state index is 12.6. The number of hydrogen-bond donors (Lipinski definition) is 1. The van der Waals surface area contributed by atoms with Gasteiger partial charge in [-0.25, -0.2) is 0 Å². The standard InChI is InChI=1S/C18H23NO2/c1-14-6-7-15(2)19(13-14)18(21)17-10-8-16(9-11-17)5-3-4-12-20/h8-11,14-15,20H,4,6-7,12-13H2,1-2H3. The number of likely N-dealkylation sites (tertiary alicyclic amines) is 1. The fourth-order valence-corrected chi connectivity index (χ4v) is 2.65. The average molecular weight is 285 g/mol. The molecule has 1 amide bonds. The molecular formula is C18H23NO2. The van der Waals surface area contributed by atoms with Gasteiger partial charge in [0.05, 0.1) is 6.61 Å². The highest BCUT2D eigenvalue weighted by Gasteiger charge is 2.27. The lowest BCUT2D eigenvalue weighted by Crippen LogP contribution is -2.44. The molecule has 0 saturated carbocycles. The highest BCUT2D eigenvalue weighted by molar-refractivity contribution is 5.94. The van der Waals surface area contributed by atoms with Gasteiger partial charge < -0.3 is 10.0 Å². The van der Waals surface area contributed by atoms with E-state index >= 15 is 0 Å². The Morgan fingerprint density at radius 2 is 2.00 bits per heavy atom. The van der Waals surface area contributed by atoms with Crippen LogP contribution in [0.3, 0.4) is 0 Å². The fourth-order valence-electron chi connectivity index (χ4n) is 2.65. The minimum absolute atomic E-state index is 0.0780. The number of aliphatic hydroxyl groups excluding tert-OH is 1. The Bertz CT molecular complexity index is 539. The zero-order chi connectivity index (χ0) is 15.2. The van der Waals surface area contributed by atoms with Crippen molar-refractivity contribution in [1.29, 1.82) is 0 Å². The van der Waals surface area contributed by atoms with Crippen molar-refractivity contribution in [3.8, 4) is 11.8 Å². The van der Waals surface area contributed by atoms with Crippen LogP contribution in [0.4, 0.5) is 0 Å². The molecule has 0 radical (unpaired) electrons. The molecular weight excluding hydrogens is 262 g/mol. The molecule has 1 aliphatic rings. The summed E-state index contributed by atoms with van der Waals surface area (Å²) >= 11 is 0. The molecule has 0 aromatic heterocycles. The van der Waals surface area contributed by atoms with Gasteiger partial charge >= 0.3 is 0 Å². The molecule has 0 aliphatic carbocycles. The van der Waals surface area contributed by atoms with Crippen LogP contribution >= 0.6 is 0 Å². The predicted octanol–water partition coefficient (Wildman–Crippen LogP) is 2.68. The SMILES string of the molecule is CC1CCC(C)N(C(=O)c2ccc(C#CCCO)cc2)C1. The third-order valence-corrected chi connectivity index (χ3v) is 3.98. The summed E-state index contributed by atoms with van der Waals surface area (Å²) in [6.07, 6.45) is 2.76. The van der Waals surface area contributed by atoms with Crippen LogP contribution in [0.2, 0.25) is 0 Å². The minimum Gasteiger partial charge on any atom is -0.395 e. The summed E-state index contributed by atoms with van der Waals surface area (Å²) in [5, 5.41) is 8.70. The first-order valence-electron chi connectivity index (χ1n) is 7.62. The van der Waals surface area contributed by atoms with Crippen LogP contribution in [0.15, 0.2) is 24.3 Å². The van der Waals surface area contributed by atoms with Gasteiger partial charge in [-0.3, -0.25) is 4.79 Å². The molecule has 1 aliphatic heterocycles. The van der Waals surface area contributed by atoms with E-state index in [1.807, 2.05) is 29.2 Å². The minimum atomic E-state index is 0.0780. The Hall–Kier alpha value is -1.79. The van der Waals surface area contributed by atoms with Gasteiger partial charge in [-0.05, 0) is 49.9 Å². The third kappa shape index (κ3) is 4.09. The number of rotatable bonds is 2. The molecule has 1 aromatic rings. The smallest absolute Gasteiger partial charge is 0.254 e. The molecule has 1 fully saturated rings. The Kier molecular flexibility index (Phi) is 5.41. The van der Waals surface area contributed by atoms with Gasteiger partial charge in [0.15, 0.2) is 0 Å². The summed E-state index contributed by atoms with van der Waals surface area (Å²) in [6.45, 7) is 5.25. The number of aliphatic hydroxyl groups is 1. The fraction of sp³-hybridized carbons (Fsp3) is 0.500. The van der Waals surface area contributed by atoms with E-state index in [0.717, 1.165) is 24.1 Å². The first-order chi connectivity index (χ1) is 10.1. The van der Waals surface area contributed by atoms with E-state index in [2.05, 4.69) is 25.7 Å². The van der Waals surface area contributed by atoms with Crippen LogP contribution in [0.25, 0.3) is 0 Å². The molecule has 3 nitrogen and oxygen atoms in total. The second-order valence-electron chi connectivity index (χ2n) is 5.84. The molecule has 0 spiro atoms. The first kappa shape index (κ1) is 15.6. The second kappa shape index (κ2) is 7.28. The van der Waals surface area contributed by atoms with E-state index in [-0.39, 0.29) is 12.5 Å². The van der Waals surface area contributed by atoms with Crippen LogP contribution in [0.5, 0.6) is 0 Å². The third-order valence-electron chi connectivity index (χ3n) is 3.98. The van der Waals surface area contributed by atoms with Crippen molar-refractivity contribution in [1.82, 2.24) is 4.90 Å². The van der Waals surface area contributed by atoms with Gasteiger partial charge in [-0.1, -0.05) is 18.8 Å². The van der Waals surface area contributed by atoms with Gasteiger partial charge in [-0.15, -0.1) is 0 Å². The summed E-state index contributed by atoms with van der Waals surface area (Å²) in [7, 11) is 0. The van der Waals surface area contributed by atoms with Crippen LogP contribution in [-0.4, -0.2) is 35.1 Å². The molecule has 2 atom stereocenters. The lowest BCUT2D eigenvalue weighted by molar-refractivity contribution is 0.0574. The van der Waals surface area contributed by atoms with Crippen molar-refractivity contribution in [3.05, 3.63) is 35.4 Å². The number of carbonyl (C=O) groups excluding carboxylic acids is 1. The van der Waals surface area contributed by atoms with Crippen LogP contribution in [0.1, 0.15) is 49.0 Å². The number of hydrogen-bond acceptors (Lipinski definition) is 2. The van der Waals surface area contributed by atoms with E-state index in [1.165, 1.54) is 6.42 Å². The largest absolute Gasteiger partial charge is 0.395 e. The Morgan fingerprint density at radius 3 is 2.67 bits per heavy atom. The molecule has 1 N–H and O–H groups in total. The number of benzene rings is 1. The highest BCUT2D eigenvalue weighted by atomic mass is 16.2. The lowest BCUT2D eigenvalue weighted by Gasteiger charge is -2.36. The maximum Gasteiger partial charge on any atom is 0.254 e. The van der Waals surface area contributed by atoms with Gasteiger partial charge in [-0.2, -0.15) is 0 Å². The quantitative estimate of drug-likeness (QED) is 0.849. The van der Waals surface area contributed by atoms with Crippen molar-refractivity contribution in [2.45, 2.75) is 39.2 Å². The number of nitrogens with zero attached hydrogens (tertiary/aromatic N) is 1. The second-order valence-corrected chi connectivity index (χ2v) is 5.84. The Morgan fingerprint density at radius 1 is 1.29 bits per heavy atom. The molecule has 2 rings (SSSR count). The summed E-state index contributed by atoms with van der Waals surface area (Å²) in [5.74, 6) is 6.55. The van der Waals surface area contributed by atoms with E-state index in [1.54, 1.807) is 0 Å². The zero-order valence-electron chi connectivity index (χ0n) is 12.8. The van der Waals surface area contributed by atoms with Crippen molar-refractivity contribution in [2.75, 3.05) is 13.2 Å². The lowest BCUT2D eigenvalue weighted by atomic mass is 9.94. The summed E-state index contributed by atoms with van der Waals surface area (Å²) < 4.78 is 0. The van der Waals surface area contributed by atoms with E-state index in [4.69, 9.17) is 5.11 Å². The first-order valence-corrected chi connectivity index (χ1v) is 7.62. The average Bonchev–Trinajstić information content (AvgIpc) is 2.50. The maximum absolute atomic E-state index is 12.6. The van der Waals surface area contributed by atoms with Gasteiger partial charge in [0.1, 0.15) is 0 Å². The van der Waals surface area contributed by atoms with Crippen molar-refractivity contribution in [2.24, 2.45) is 5.92 Å². The van der Waals surface area contributed by atoms with Crippen LogP contribution in [0, 0.1) is 17.8 Å². The summed E-state index contributed by atoms with van der Waals surface area (Å²) in [5.41, 5.74) is 1.60. The van der Waals surface area contributed by atoms with E-state index in [9.17, 15) is 4.79 Å². The monoisotopic (exact) mass is 285 g/mol. The number of carbonyl (C=O) groups is 1. The molecule has 3 heteroatoms. The number of piperidine rings is 1. The molecule has 21 heavy (non-hydrogen) atoms. The van der Waals surface area contributed by atoms with Gasteiger partial charge in [0.25, 0.3) is 5.91 Å². The van der Waals surface area contributed by atoms with Crippen molar-refractivity contribution in [3.63, 3.8) is 0 Å². The normalized spacial score (nSPS) is 21.6.